The molecule has 0 unspecified atom stereocenters. The quantitative estimate of drug-likeness (QED) is 0.713. The minimum Gasteiger partial charge on any atom is -0.499 e. The molecular formula is C10H8Cl2OSZn. The third-order valence-corrected chi connectivity index (χ3v) is 2.76. The fourth-order valence-corrected chi connectivity index (χ4v) is 1.43. The van der Waals surface area contributed by atoms with Crippen molar-refractivity contribution >= 4 is 34.5 Å². The predicted octanol–water partition coefficient (Wildman–Crippen LogP) is 4.44. The van der Waals surface area contributed by atoms with Gasteiger partial charge in [-0.3, -0.25) is 0 Å². The van der Waals surface area contributed by atoms with Gasteiger partial charge in [0.25, 0.3) is 0 Å². The molecule has 0 bridgehead atoms. The van der Waals surface area contributed by atoms with Crippen LogP contribution in [0, 0.1) is 0 Å². The Kier molecular flexibility index (Phi) is 8.08. The molecule has 76 valence electrons. The van der Waals surface area contributed by atoms with Gasteiger partial charge < -0.3 is 5.11 Å². The molecular weight excluding hydrogens is 304 g/mol. The summed E-state index contributed by atoms with van der Waals surface area (Å²) in [4.78, 5) is 0. The number of hydrogen-bond donors (Lipinski definition) is 1. The van der Waals surface area contributed by atoms with Crippen LogP contribution in [0.5, 0.6) is 5.06 Å². The maximum Gasteiger partial charge on any atom is 0.171 e. The Bertz CT molecular complexity index is 358. The molecule has 0 aliphatic heterocycles. The minimum atomic E-state index is 0. The standard InChI is InChI=1S/C6H4Cl2.C4H4OS.Zn/c7-5-3-1-2-4-6(5)8;5-4-2-1-3-6-4;/h1-4H;1-3,5H;. The van der Waals surface area contributed by atoms with Gasteiger partial charge in [0.1, 0.15) is 0 Å². The van der Waals surface area contributed by atoms with Crippen molar-refractivity contribution < 1.29 is 24.6 Å². The largest absolute Gasteiger partial charge is 0.499 e. The zero-order valence-electron chi connectivity index (χ0n) is 7.86. The molecule has 0 aliphatic carbocycles. The van der Waals surface area contributed by atoms with Gasteiger partial charge in [-0.1, -0.05) is 35.3 Å². The van der Waals surface area contributed by atoms with Gasteiger partial charge in [-0.2, -0.15) is 0 Å². The number of aromatic hydroxyl groups is 1. The molecule has 1 heterocycles. The van der Waals surface area contributed by atoms with Crippen molar-refractivity contribution in [3.63, 3.8) is 0 Å². The van der Waals surface area contributed by atoms with E-state index in [1.807, 2.05) is 17.5 Å². The Balaban J connectivity index is 0.000000253. The number of rotatable bonds is 0. The summed E-state index contributed by atoms with van der Waals surface area (Å²) in [6.07, 6.45) is 0. The number of benzene rings is 1. The molecule has 2 aromatic rings. The Morgan fingerprint density at radius 2 is 1.47 bits per heavy atom. The zero-order valence-corrected chi connectivity index (χ0v) is 13.2. The summed E-state index contributed by atoms with van der Waals surface area (Å²) in [6, 6.07) is 10.7. The van der Waals surface area contributed by atoms with E-state index < -0.39 is 0 Å². The summed E-state index contributed by atoms with van der Waals surface area (Å²) in [7, 11) is 0. The molecule has 1 N–H and O–H groups in total. The molecule has 5 heteroatoms. The molecule has 0 saturated heterocycles. The van der Waals surface area contributed by atoms with E-state index in [9.17, 15) is 0 Å². The summed E-state index contributed by atoms with van der Waals surface area (Å²) in [5, 5.41) is 11.9. The SMILES string of the molecule is Clc1ccccc1Cl.Oc1cccs1.[Zn]. The van der Waals surface area contributed by atoms with Gasteiger partial charge in [-0.15, -0.1) is 11.3 Å². The Morgan fingerprint density at radius 3 is 1.67 bits per heavy atom. The average molecular weight is 313 g/mol. The zero-order chi connectivity index (χ0) is 10.4. The smallest absolute Gasteiger partial charge is 0.171 e. The van der Waals surface area contributed by atoms with Crippen LogP contribution in [0.2, 0.25) is 10.0 Å². The molecule has 1 aromatic heterocycles. The predicted molar refractivity (Wildman–Crippen MR) is 62.4 cm³/mol. The molecule has 0 spiro atoms. The third-order valence-electron chi connectivity index (χ3n) is 1.33. The summed E-state index contributed by atoms with van der Waals surface area (Å²) in [5.74, 6) is 0. The van der Waals surface area contributed by atoms with E-state index in [4.69, 9.17) is 28.3 Å². The van der Waals surface area contributed by atoms with Crippen molar-refractivity contribution in [3.05, 3.63) is 51.8 Å². The van der Waals surface area contributed by atoms with E-state index >= 15 is 0 Å². The van der Waals surface area contributed by atoms with Crippen molar-refractivity contribution in [1.82, 2.24) is 0 Å². The maximum atomic E-state index is 8.49. The van der Waals surface area contributed by atoms with Gasteiger partial charge in [0, 0.05) is 19.5 Å². The van der Waals surface area contributed by atoms with Gasteiger partial charge in [0.05, 0.1) is 10.0 Å². The average Bonchev–Trinajstić information content (AvgIpc) is 2.63. The van der Waals surface area contributed by atoms with Crippen LogP contribution in [-0.4, -0.2) is 5.11 Å². The monoisotopic (exact) mass is 310 g/mol. The van der Waals surface area contributed by atoms with Crippen molar-refractivity contribution in [3.8, 4) is 5.06 Å². The Morgan fingerprint density at radius 1 is 0.933 bits per heavy atom. The molecule has 1 aromatic carbocycles. The molecule has 0 fully saturated rings. The summed E-state index contributed by atoms with van der Waals surface area (Å²) in [6.45, 7) is 0. The Labute approximate surface area is 115 Å². The van der Waals surface area contributed by atoms with Gasteiger partial charge in [0.15, 0.2) is 5.06 Å². The van der Waals surface area contributed by atoms with Crippen LogP contribution in [-0.2, 0) is 19.5 Å². The summed E-state index contributed by atoms with van der Waals surface area (Å²) in [5.41, 5.74) is 0. The molecule has 0 saturated carbocycles. The van der Waals surface area contributed by atoms with E-state index in [2.05, 4.69) is 0 Å². The van der Waals surface area contributed by atoms with E-state index in [1.54, 1.807) is 24.3 Å². The summed E-state index contributed by atoms with van der Waals surface area (Å²) < 4.78 is 0. The van der Waals surface area contributed by atoms with E-state index in [1.165, 1.54) is 11.3 Å². The van der Waals surface area contributed by atoms with Gasteiger partial charge in [-0.25, -0.2) is 0 Å². The van der Waals surface area contributed by atoms with Crippen molar-refractivity contribution in [2.45, 2.75) is 0 Å². The Hall–Kier alpha value is -0.0766. The first-order chi connectivity index (χ1) is 6.70. The van der Waals surface area contributed by atoms with Crippen LogP contribution in [0.4, 0.5) is 0 Å². The van der Waals surface area contributed by atoms with Crippen molar-refractivity contribution in [1.29, 1.82) is 0 Å². The van der Waals surface area contributed by atoms with Crippen LogP contribution >= 0.6 is 34.5 Å². The second-order valence-corrected chi connectivity index (χ2v) is 4.11. The minimum absolute atomic E-state index is 0. The van der Waals surface area contributed by atoms with E-state index in [0.29, 0.717) is 15.1 Å². The van der Waals surface area contributed by atoms with Crippen molar-refractivity contribution in [2.75, 3.05) is 0 Å². The third kappa shape index (κ3) is 6.16. The van der Waals surface area contributed by atoms with E-state index in [0.717, 1.165) is 0 Å². The second-order valence-electron chi connectivity index (χ2n) is 2.37. The molecule has 1 nitrogen and oxygen atoms in total. The molecule has 0 aliphatic rings. The fourth-order valence-electron chi connectivity index (χ4n) is 0.709. The topological polar surface area (TPSA) is 20.2 Å². The first-order valence-corrected chi connectivity index (χ1v) is 5.46. The van der Waals surface area contributed by atoms with E-state index in [-0.39, 0.29) is 19.5 Å². The van der Waals surface area contributed by atoms with Crippen LogP contribution in [0.25, 0.3) is 0 Å². The number of halogens is 2. The van der Waals surface area contributed by atoms with Gasteiger partial charge in [0.2, 0.25) is 0 Å². The van der Waals surface area contributed by atoms with Crippen LogP contribution in [0.3, 0.4) is 0 Å². The molecule has 15 heavy (non-hydrogen) atoms. The van der Waals surface area contributed by atoms with Gasteiger partial charge >= 0.3 is 0 Å². The van der Waals surface area contributed by atoms with Crippen LogP contribution < -0.4 is 0 Å². The first kappa shape index (κ1) is 14.9. The molecule has 2 rings (SSSR count). The normalized spacial score (nSPS) is 8.40. The fraction of sp³-hybridized carbons (Fsp3) is 0. The van der Waals surface area contributed by atoms with Crippen molar-refractivity contribution in [2.24, 2.45) is 0 Å². The summed E-state index contributed by atoms with van der Waals surface area (Å²) >= 11 is 12.5. The number of thiophene rings is 1. The van der Waals surface area contributed by atoms with Crippen LogP contribution in [0.15, 0.2) is 41.8 Å². The molecule has 0 amide bonds. The second kappa shape index (κ2) is 8.12. The maximum absolute atomic E-state index is 8.49. The first-order valence-electron chi connectivity index (χ1n) is 3.82. The number of hydrogen-bond acceptors (Lipinski definition) is 2. The molecule has 0 radical (unpaired) electrons. The van der Waals surface area contributed by atoms with Crippen LogP contribution in [0.1, 0.15) is 0 Å². The molecule has 0 atom stereocenters. The van der Waals surface area contributed by atoms with Gasteiger partial charge in [-0.05, 0) is 29.6 Å².